The minimum absolute atomic E-state index is 0.196. The van der Waals surface area contributed by atoms with Gasteiger partial charge in [-0.3, -0.25) is 0 Å². The quantitative estimate of drug-likeness (QED) is 0.607. The Morgan fingerprint density at radius 1 is 1.36 bits per heavy atom. The summed E-state index contributed by atoms with van der Waals surface area (Å²) in [6.07, 6.45) is 3.75. The van der Waals surface area contributed by atoms with Gasteiger partial charge >= 0.3 is 0 Å². The van der Waals surface area contributed by atoms with E-state index in [1.165, 1.54) is 19.3 Å². The molecule has 2 nitrogen and oxygen atoms in total. The zero-order chi connectivity index (χ0) is 8.11. The molecule has 0 amide bonds. The Hall–Kier alpha value is -0.0800. The molecule has 11 heavy (non-hydrogen) atoms. The van der Waals surface area contributed by atoms with Gasteiger partial charge in [-0.25, -0.2) is 0 Å². The number of likely N-dealkylation sites (tertiary alicyclic amines) is 1. The lowest BCUT2D eigenvalue weighted by Crippen LogP contribution is -2.40. The van der Waals surface area contributed by atoms with Crippen LogP contribution in [0.25, 0.3) is 0 Å². The molecule has 2 rings (SSSR count). The summed E-state index contributed by atoms with van der Waals surface area (Å²) in [6.45, 7) is 3.75. The highest BCUT2D eigenvalue weighted by molar-refractivity contribution is 5.17. The van der Waals surface area contributed by atoms with Crippen LogP contribution in [0.2, 0.25) is 0 Å². The summed E-state index contributed by atoms with van der Waals surface area (Å²) in [5.41, 5.74) is 0.587. The second kappa shape index (κ2) is 1.99. The van der Waals surface area contributed by atoms with Gasteiger partial charge in [0, 0.05) is 11.0 Å². The minimum atomic E-state index is 0.196. The monoisotopic (exact) mass is 155 g/mol. The van der Waals surface area contributed by atoms with Gasteiger partial charge in [0.05, 0.1) is 6.61 Å². The molecule has 1 unspecified atom stereocenters. The van der Waals surface area contributed by atoms with Crippen LogP contribution in [0.5, 0.6) is 0 Å². The third-order valence-corrected chi connectivity index (χ3v) is 3.93. The molecule has 1 spiro atoms. The third kappa shape index (κ3) is 0.744. The molecule has 1 heterocycles. The summed E-state index contributed by atoms with van der Waals surface area (Å²) < 4.78 is 0. The SMILES string of the molecule is CN1CCC(C)(CO)C12CC2. The molecule has 0 aromatic rings. The maximum absolute atomic E-state index is 9.29. The highest BCUT2D eigenvalue weighted by Gasteiger charge is 2.62. The average Bonchev–Trinajstić information content (AvgIpc) is 2.75. The molecule has 1 saturated carbocycles. The van der Waals surface area contributed by atoms with Crippen molar-refractivity contribution in [2.75, 3.05) is 20.2 Å². The van der Waals surface area contributed by atoms with Gasteiger partial charge in [0.2, 0.25) is 0 Å². The number of rotatable bonds is 1. The molecule has 2 aliphatic rings. The van der Waals surface area contributed by atoms with Crippen molar-refractivity contribution < 1.29 is 5.11 Å². The van der Waals surface area contributed by atoms with E-state index in [1.54, 1.807) is 0 Å². The first-order valence-corrected chi connectivity index (χ1v) is 4.47. The standard InChI is InChI=1S/C9H17NO/c1-8(7-11)5-6-10(2)9(8)3-4-9/h11H,3-7H2,1-2H3. The van der Waals surface area contributed by atoms with Crippen molar-refractivity contribution in [3.8, 4) is 0 Å². The van der Waals surface area contributed by atoms with Crippen molar-refractivity contribution in [2.45, 2.75) is 31.7 Å². The van der Waals surface area contributed by atoms with E-state index in [0.717, 1.165) is 6.54 Å². The van der Waals surface area contributed by atoms with Crippen molar-refractivity contribution >= 4 is 0 Å². The predicted octanol–water partition coefficient (Wildman–Crippen LogP) is 0.853. The highest BCUT2D eigenvalue weighted by atomic mass is 16.3. The highest BCUT2D eigenvalue weighted by Crippen LogP contribution is 2.59. The van der Waals surface area contributed by atoms with E-state index < -0.39 is 0 Å². The molecule has 64 valence electrons. The molecule has 1 N–H and O–H groups in total. The van der Waals surface area contributed by atoms with Gasteiger partial charge in [-0.05, 0) is 32.9 Å². The van der Waals surface area contributed by atoms with Gasteiger partial charge in [0.25, 0.3) is 0 Å². The molecule has 0 radical (unpaired) electrons. The summed E-state index contributed by atoms with van der Waals surface area (Å²) in [5, 5.41) is 9.29. The molecule has 1 aliphatic carbocycles. The van der Waals surface area contributed by atoms with E-state index in [9.17, 15) is 5.11 Å². The number of hydrogen-bond donors (Lipinski definition) is 1. The maximum atomic E-state index is 9.29. The Morgan fingerprint density at radius 2 is 2.00 bits per heavy atom. The largest absolute Gasteiger partial charge is 0.396 e. The normalized spacial score (nSPS) is 41.7. The van der Waals surface area contributed by atoms with Crippen LogP contribution in [-0.2, 0) is 0 Å². The second-order valence-electron chi connectivity index (χ2n) is 4.42. The Morgan fingerprint density at radius 3 is 2.36 bits per heavy atom. The van der Waals surface area contributed by atoms with E-state index in [1.807, 2.05) is 0 Å². The first-order valence-electron chi connectivity index (χ1n) is 4.47. The van der Waals surface area contributed by atoms with Crippen molar-refractivity contribution in [1.29, 1.82) is 0 Å². The van der Waals surface area contributed by atoms with Crippen LogP contribution in [0.3, 0.4) is 0 Å². The average molecular weight is 155 g/mol. The first kappa shape index (κ1) is 7.56. The summed E-state index contributed by atoms with van der Waals surface area (Å²) in [6, 6.07) is 0. The molecule has 1 aliphatic heterocycles. The summed E-state index contributed by atoms with van der Waals surface area (Å²) in [4.78, 5) is 2.43. The summed E-state index contributed by atoms with van der Waals surface area (Å²) >= 11 is 0. The number of aliphatic hydroxyl groups excluding tert-OH is 1. The molecular formula is C9H17NO. The van der Waals surface area contributed by atoms with E-state index >= 15 is 0 Å². The predicted molar refractivity (Wildman–Crippen MR) is 44.4 cm³/mol. The number of nitrogens with zero attached hydrogens (tertiary/aromatic N) is 1. The molecule has 1 saturated heterocycles. The minimum Gasteiger partial charge on any atom is -0.396 e. The molecule has 0 aromatic carbocycles. The van der Waals surface area contributed by atoms with Crippen LogP contribution < -0.4 is 0 Å². The Labute approximate surface area is 68.2 Å². The smallest absolute Gasteiger partial charge is 0.0503 e. The lowest BCUT2D eigenvalue weighted by molar-refractivity contribution is 0.0853. The van der Waals surface area contributed by atoms with Crippen molar-refractivity contribution in [3.63, 3.8) is 0 Å². The van der Waals surface area contributed by atoms with E-state index in [-0.39, 0.29) is 5.41 Å². The zero-order valence-corrected chi connectivity index (χ0v) is 7.43. The fourth-order valence-corrected chi connectivity index (χ4v) is 2.65. The lowest BCUT2D eigenvalue weighted by atomic mass is 9.81. The maximum Gasteiger partial charge on any atom is 0.0503 e. The van der Waals surface area contributed by atoms with Gasteiger partial charge in [-0.1, -0.05) is 6.92 Å². The van der Waals surface area contributed by atoms with Crippen molar-refractivity contribution in [2.24, 2.45) is 5.41 Å². The molecule has 2 fully saturated rings. The fraction of sp³-hybridized carbons (Fsp3) is 1.00. The molecular weight excluding hydrogens is 138 g/mol. The van der Waals surface area contributed by atoms with Gasteiger partial charge in [-0.2, -0.15) is 0 Å². The number of aliphatic hydroxyl groups is 1. The molecule has 2 heteroatoms. The zero-order valence-electron chi connectivity index (χ0n) is 7.43. The van der Waals surface area contributed by atoms with Crippen LogP contribution in [0.15, 0.2) is 0 Å². The Balaban J connectivity index is 2.24. The van der Waals surface area contributed by atoms with Crippen LogP contribution in [0.4, 0.5) is 0 Å². The Kier molecular flexibility index (Phi) is 1.37. The van der Waals surface area contributed by atoms with E-state index in [4.69, 9.17) is 0 Å². The van der Waals surface area contributed by atoms with E-state index in [0.29, 0.717) is 12.1 Å². The lowest BCUT2D eigenvalue weighted by Gasteiger charge is -2.32. The van der Waals surface area contributed by atoms with Gasteiger partial charge < -0.3 is 10.0 Å². The first-order chi connectivity index (χ1) is 5.15. The molecule has 0 bridgehead atoms. The van der Waals surface area contributed by atoms with Crippen molar-refractivity contribution in [3.05, 3.63) is 0 Å². The van der Waals surface area contributed by atoms with Gasteiger partial charge in [0.15, 0.2) is 0 Å². The van der Waals surface area contributed by atoms with Crippen LogP contribution in [0, 0.1) is 5.41 Å². The van der Waals surface area contributed by atoms with Crippen LogP contribution in [-0.4, -0.2) is 35.7 Å². The van der Waals surface area contributed by atoms with E-state index in [2.05, 4.69) is 18.9 Å². The third-order valence-electron chi connectivity index (χ3n) is 3.93. The second-order valence-corrected chi connectivity index (χ2v) is 4.42. The van der Waals surface area contributed by atoms with Crippen LogP contribution >= 0.6 is 0 Å². The van der Waals surface area contributed by atoms with Gasteiger partial charge in [-0.15, -0.1) is 0 Å². The van der Waals surface area contributed by atoms with Crippen LogP contribution in [0.1, 0.15) is 26.2 Å². The van der Waals surface area contributed by atoms with Gasteiger partial charge in [0.1, 0.15) is 0 Å². The van der Waals surface area contributed by atoms with Crippen molar-refractivity contribution in [1.82, 2.24) is 4.90 Å². The molecule has 1 atom stereocenters. The fourth-order valence-electron chi connectivity index (χ4n) is 2.65. The summed E-state index contributed by atoms with van der Waals surface area (Å²) in [5.74, 6) is 0. The number of hydrogen-bond acceptors (Lipinski definition) is 2. The summed E-state index contributed by atoms with van der Waals surface area (Å²) in [7, 11) is 2.19. The topological polar surface area (TPSA) is 23.5 Å². The molecule has 0 aromatic heterocycles. The Bertz CT molecular complexity index is 176.